The summed E-state index contributed by atoms with van der Waals surface area (Å²) in [6, 6.07) is 0. The Labute approximate surface area is 107 Å². The number of nitrogens with two attached hydrogens (primary N) is 2. The topological polar surface area (TPSA) is 142 Å². The minimum atomic E-state index is -1.33. The summed E-state index contributed by atoms with van der Waals surface area (Å²) in [4.78, 5) is 9.20. The van der Waals surface area contributed by atoms with Crippen molar-refractivity contribution in [2.45, 2.75) is 37.9 Å². The first-order chi connectivity index (χ1) is 8.58. The van der Waals surface area contributed by atoms with Gasteiger partial charge in [0, 0.05) is 0 Å². The lowest BCUT2D eigenvalue weighted by Gasteiger charge is -2.04. The van der Waals surface area contributed by atoms with Crippen LogP contribution in [0.15, 0.2) is 13.9 Å². The first kappa shape index (κ1) is 13.1. The molecule has 2 unspecified atom stereocenters. The predicted octanol–water partition coefficient (Wildman–Crippen LogP) is -0.399. The fourth-order valence-corrected chi connectivity index (χ4v) is 2.61. The Balaban J connectivity index is 2.03. The third-order valence-electron chi connectivity index (χ3n) is 2.70. The van der Waals surface area contributed by atoms with E-state index in [0.717, 1.165) is 25.7 Å². The van der Waals surface area contributed by atoms with E-state index in [4.69, 9.17) is 21.7 Å². The molecule has 1 saturated carbocycles. The highest BCUT2D eigenvalue weighted by Crippen LogP contribution is 2.21. The summed E-state index contributed by atoms with van der Waals surface area (Å²) < 4.78 is 7.94. The second-order valence-corrected chi connectivity index (χ2v) is 5.39. The van der Waals surface area contributed by atoms with Gasteiger partial charge in [-0.25, -0.2) is 9.83 Å². The van der Waals surface area contributed by atoms with Crippen LogP contribution in [0.25, 0.3) is 0 Å². The Morgan fingerprint density at radius 3 is 2.83 bits per heavy atom. The molecular formula is C9H16N6O2S. The van der Waals surface area contributed by atoms with Crippen molar-refractivity contribution < 1.29 is 9.94 Å². The van der Waals surface area contributed by atoms with Crippen molar-refractivity contribution in [2.24, 2.45) is 25.4 Å². The van der Waals surface area contributed by atoms with Crippen LogP contribution in [0.4, 0.5) is 0 Å². The van der Waals surface area contributed by atoms with Crippen LogP contribution in [0.1, 0.15) is 25.7 Å². The Bertz CT molecular complexity index is 440. The average molecular weight is 272 g/mol. The molecule has 9 heteroatoms. The second kappa shape index (κ2) is 5.55. The molecular weight excluding hydrogens is 256 g/mol. The lowest BCUT2D eigenvalue weighted by molar-refractivity contribution is 0.0695. The largest absolute Gasteiger partial charge is 0.385 e. The van der Waals surface area contributed by atoms with E-state index < -0.39 is 22.8 Å². The van der Waals surface area contributed by atoms with Crippen molar-refractivity contribution in [3.05, 3.63) is 0 Å². The van der Waals surface area contributed by atoms with Crippen LogP contribution in [0, 0.1) is 5.41 Å². The minimum absolute atomic E-state index is 0.0158. The molecule has 1 fully saturated rings. The van der Waals surface area contributed by atoms with Gasteiger partial charge in [-0.05, 0) is 12.8 Å². The van der Waals surface area contributed by atoms with Crippen LogP contribution in [-0.2, 0) is 15.7 Å². The maximum absolute atomic E-state index is 9.52. The molecule has 8 nitrogen and oxygen atoms in total. The van der Waals surface area contributed by atoms with Crippen molar-refractivity contribution >= 4 is 27.7 Å². The SMILES string of the molecule is N=C(N)C(O)C1=N/S(=N\OC2CCCC2)C(N)=N1. The van der Waals surface area contributed by atoms with Gasteiger partial charge in [0.25, 0.3) is 0 Å². The Morgan fingerprint density at radius 2 is 2.22 bits per heavy atom. The molecule has 18 heavy (non-hydrogen) atoms. The zero-order chi connectivity index (χ0) is 13.1. The van der Waals surface area contributed by atoms with Crippen molar-refractivity contribution in [1.29, 1.82) is 5.41 Å². The normalized spacial score (nSPS) is 26.2. The molecule has 0 spiro atoms. The first-order valence-electron chi connectivity index (χ1n) is 5.64. The summed E-state index contributed by atoms with van der Waals surface area (Å²) in [6.07, 6.45) is 3.07. The highest BCUT2D eigenvalue weighted by molar-refractivity contribution is 8.01. The molecule has 6 N–H and O–H groups in total. The first-order valence-corrected chi connectivity index (χ1v) is 6.78. The van der Waals surface area contributed by atoms with Crippen LogP contribution < -0.4 is 11.5 Å². The van der Waals surface area contributed by atoms with Gasteiger partial charge in [-0.15, -0.1) is 0 Å². The van der Waals surface area contributed by atoms with E-state index in [1.165, 1.54) is 0 Å². The van der Waals surface area contributed by atoms with E-state index in [-0.39, 0.29) is 17.1 Å². The van der Waals surface area contributed by atoms with Crippen molar-refractivity contribution in [1.82, 2.24) is 0 Å². The van der Waals surface area contributed by atoms with Gasteiger partial charge in [-0.3, -0.25) is 5.41 Å². The van der Waals surface area contributed by atoms with E-state index in [0.29, 0.717) is 0 Å². The molecule has 0 saturated heterocycles. The standard InChI is InChI=1S/C9H16N6O2S/c10-7(11)6(16)8-13-9(12)18(14-8)15-17-5-3-1-2-4-5/h5-6,16H,1-4H2,(H3,10,11)(H2,12,13,14). The predicted molar refractivity (Wildman–Crippen MR) is 70.1 cm³/mol. The molecule has 0 aromatic heterocycles. The van der Waals surface area contributed by atoms with Crippen LogP contribution in [0.2, 0.25) is 0 Å². The van der Waals surface area contributed by atoms with Crippen LogP contribution >= 0.6 is 0 Å². The van der Waals surface area contributed by atoms with E-state index >= 15 is 0 Å². The number of amidine groups is 3. The molecule has 0 aromatic rings. The summed E-state index contributed by atoms with van der Waals surface area (Å²) >= 11 is 0. The molecule has 1 aliphatic heterocycles. The van der Waals surface area contributed by atoms with Crippen molar-refractivity contribution in [3.63, 3.8) is 0 Å². The quantitative estimate of drug-likeness (QED) is 0.313. The Morgan fingerprint density at radius 1 is 1.56 bits per heavy atom. The molecule has 1 heterocycles. The molecule has 0 aromatic carbocycles. The lowest BCUT2D eigenvalue weighted by atomic mass is 10.3. The van der Waals surface area contributed by atoms with E-state index in [2.05, 4.69) is 13.9 Å². The molecule has 100 valence electrons. The Hall–Kier alpha value is -1.32. The zero-order valence-corrected chi connectivity index (χ0v) is 10.6. The summed E-state index contributed by atoms with van der Waals surface area (Å²) in [5.41, 5.74) is 10.8. The van der Waals surface area contributed by atoms with Gasteiger partial charge in [0.1, 0.15) is 16.7 Å². The van der Waals surface area contributed by atoms with Crippen molar-refractivity contribution in [2.75, 3.05) is 0 Å². The number of aliphatic imine (C=N–C) groups is 1. The molecule has 0 bridgehead atoms. The molecule has 0 amide bonds. The average Bonchev–Trinajstić information content (AvgIpc) is 2.95. The number of hydrogen-bond acceptors (Lipinski definition) is 6. The van der Waals surface area contributed by atoms with Gasteiger partial charge in [0.15, 0.2) is 17.1 Å². The summed E-state index contributed by atoms with van der Waals surface area (Å²) in [7, 11) is -1.03. The van der Waals surface area contributed by atoms with Gasteiger partial charge in [0.2, 0.25) is 0 Å². The zero-order valence-electron chi connectivity index (χ0n) is 9.74. The number of hydrogen-bond donors (Lipinski definition) is 4. The molecule has 1 aliphatic carbocycles. The van der Waals surface area contributed by atoms with Gasteiger partial charge >= 0.3 is 0 Å². The van der Waals surface area contributed by atoms with Crippen LogP contribution in [0.3, 0.4) is 0 Å². The Kier molecular flexibility index (Phi) is 4.04. The number of nitrogens with zero attached hydrogens (tertiary/aromatic N) is 3. The number of aliphatic hydroxyl groups is 1. The fourth-order valence-electron chi connectivity index (χ4n) is 1.71. The van der Waals surface area contributed by atoms with E-state index in [1.807, 2.05) is 0 Å². The van der Waals surface area contributed by atoms with Crippen molar-refractivity contribution in [3.8, 4) is 0 Å². The molecule has 2 aliphatic rings. The van der Waals surface area contributed by atoms with Crippen LogP contribution in [-0.4, -0.2) is 34.2 Å². The van der Waals surface area contributed by atoms with E-state index in [1.54, 1.807) is 0 Å². The lowest BCUT2D eigenvalue weighted by Crippen LogP contribution is -2.33. The van der Waals surface area contributed by atoms with Gasteiger partial charge < -0.3 is 16.6 Å². The smallest absolute Gasteiger partial charge is 0.195 e. The maximum Gasteiger partial charge on any atom is 0.195 e. The van der Waals surface area contributed by atoms with Crippen LogP contribution in [0.5, 0.6) is 0 Å². The summed E-state index contributed by atoms with van der Waals surface area (Å²) in [5, 5.41) is 16.8. The monoisotopic (exact) mass is 272 g/mol. The molecule has 0 radical (unpaired) electrons. The number of aliphatic hydroxyl groups excluding tert-OH is 1. The molecule has 2 rings (SSSR count). The van der Waals surface area contributed by atoms with E-state index in [9.17, 15) is 5.11 Å². The number of nitrogens with one attached hydrogen (secondary N) is 1. The third kappa shape index (κ3) is 2.92. The maximum atomic E-state index is 9.52. The van der Waals surface area contributed by atoms with Gasteiger partial charge in [-0.1, -0.05) is 17.4 Å². The summed E-state index contributed by atoms with van der Waals surface area (Å²) in [5.74, 6) is -0.408. The fraction of sp³-hybridized carbons (Fsp3) is 0.667. The second-order valence-electron chi connectivity index (χ2n) is 4.11. The third-order valence-corrected chi connectivity index (χ3v) is 3.75. The number of rotatable bonds is 4. The molecule has 2 atom stereocenters. The summed E-state index contributed by atoms with van der Waals surface area (Å²) in [6.45, 7) is 0. The highest BCUT2D eigenvalue weighted by atomic mass is 32.2. The minimum Gasteiger partial charge on any atom is -0.385 e. The van der Waals surface area contributed by atoms with Gasteiger partial charge in [-0.2, -0.15) is 4.40 Å². The highest BCUT2D eigenvalue weighted by Gasteiger charge is 2.24. The van der Waals surface area contributed by atoms with Gasteiger partial charge in [0.05, 0.1) is 6.10 Å².